The summed E-state index contributed by atoms with van der Waals surface area (Å²) in [5, 5.41) is 6.59. The zero-order chi connectivity index (χ0) is 18.7. The van der Waals surface area contributed by atoms with Crippen molar-refractivity contribution in [3.05, 3.63) is 47.9 Å². The first-order valence-corrected chi connectivity index (χ1v) is 9.28. The van der Waals surface area contributed by atoms with Crippen molar-refractivity contribution in [1.29, 1.82) is 0 Å². The minimum absolute atomic E-state index is 0. The first-order valence-electron chi connectivity index (χ1n) is 9.28. The average molecular weight is 501 g/mol. The van der Waals surface area contributed by atoms with Gasteiger partial charge >= 0.3 is 0 Å². The van der Waals surface area contributed by atoms with Crippen LogP contribution in [0.5, 0.6) is 11.5 Å². The Morgan fingerprint density at radius 2 is 2.00 bits per heavy atom. The Morgan fingerprint density at radius 3 is 2.79 bits per heavy atom. The van der Waals surface area contributed by atoms with Gasteiger partial charge in [0.05, 0.1) is 19.5 Å². The summed E-state index contributed by atoms with van der Waals surface area (Å²) >= 11 is 0. The lowest BCUT2D eigenvalue weighted by Gasteiger charge is -2.13. The number of benzene rings is 1. The molecule has 2 heterocycles. The minimum Gasteiger partial charge on any atom is -0.490 e. The maximum absolute atomic E-state index is 5.73. The number of nitrogens with one attached hydrogen (secondary N) is 2. The maximum atomic E-state index is 5.73. The Bertz CT molecular complexity index is 722. The summed E-state index contributed by atoms with van der Waals surface area (Å²) in [6.07, 6.45) is 3.44. The highest BCUT2D eigenvalue weighted by Gasteiger charge is 2.10. The highest BCUT2D eigenvalue weighted by Crippen LogP contribution is 2.30. The standard InChI is InChI=1S/C20H27N3O4.HI/c1-21-20(22-8-3-9-24-15-17-5-2-10-25-17)23-14-16-6-7-18-19(13-16)27-12-4-11-26-18;/h2,5-7,10,13H,3-4,8-9,11-12,14-15H2,1H3,(H2,21,22,23);1H. The van der Waals surface area contributed by atoms with E-state index in [4.69, 9.17) is 18.6 Å². The van der Waals surface area contributed by atoms with Gasteiger partial charge in [0.2, 0.25) is 0 Å². The summed E-state index contributed by atoms with van der Waals surface area (Å²) in [6, 6.07) is 9.78. The van der Waals surface area contributed by atoms with E-state index in [1.807, 2.05) is 30.3 Å². The molecule has 0 unspecified atom stereocenters. The van der Waals surface area contributed by atoms with Crippen molar-refractivity contribution in [3.63, 3.8) is 0 Å². The van der Waals surface area contributed by atoms with E-state index in [0.29, 0.717) is 33.0 Å². The van der Waals surface area contributed by atoms with Crippen molar-refractivity contribution < 1.29 is 18.6 Å². The predicted octanol–water partition coefficient (Wildman–Crippen LogP) is 3.33. The number of halogens is 1. The quantitative estimate of drug-likeness (QED) is 0.250. The van der Waals surface area contributed by atoms with Crippen LogP contribution in [-0.2, 0) is 17.9 Å². The van der Waals surface area contributed by atoms with E-state index in [9.17, 15) is 0 Å². The third-order valence-corrected chi connectivity index (χ3v) is 4.08. The van der Waals surface area contributed by atoms with Crippen molar-refractivity contribution in [2.45, 2.75) is 26.0 Å². The smallest absolute Gasteiger partial charge is 0.191 e. The zero-order valence-electron chi connectivity index (χ0n) is 16.1. The first kappa shape index (κ1) is 22.4. The fourth-order valence-electron chi connectivity index (χ4n) is 2.67. The van der Waals surface area contributed by atoms with Gasteiger partial charge in [-0.3, -0.25) is 4.99 Å². The van der Waals surface area contributed by atoms with Crippen LogP contribution in [0.1, 0.15) is 24.2 Å². The van der Waals surface area contributed by atoms with E-state index in [-0.39, 0.29) is 24.0 Å². The highest BCUT2D eigenvalue weighted by molar-refractivity contribution is 14.0. The van der Waals surface area contributed by atoms with Crippen LogP contribution in [-0.4, -0.2) is 39.4 Å². The van der Waals surface area contributed by atoms with E-state index < -0.39 is 0 Å². The summed E-state index contributed by atoms with van der Waals surface area (Å²) in [6.45, 7) is 3.99. The van der Waals surface area contributed by atoms with E-state index in [1.54, 1.807) is 13.3 Å². The van der Waals surface area contributed by atoms with Gasteiger partial charge in [-0.15, -0.1) is 24.0 Å². The normalized spacial score (nSPS) is 13.4. The molecule has 0 saturated carbocycles. The van der Waals surface area contributed by atoms with Crippen LogP contribution >= 0.6 is 24.0 Å². The van der Waals surface area contributed by atoms with Crippen LogP contribution in [0.3, 0.4) is 0 Å². The second-order valence-electron chi connectivity index (χ2n) is 6.17. The Balaban J connectivity index is 0.00000280. The van der Waals surface area contributed by atoms with Crippen molar-refractivity contribution in [1.82, 2.24) is 10.6 Å². The summed E-state index contributed by atoms with van der Waals surface area (Å²) < 4.78 is 22.2. The fourth-order valence-corrected chi connectivity index (χ4v) is 2.67. The molecule has 0 aliphatic carbocycles. The molecular formula is C20H28IN3O4. The van der Waals surface area contributed by atoms with Gasteiger partial charge in [-0.1, -0.05) is 6.07 Å². The summed E-state index contributed by atoms with van der Waals surface area (Å²) in [7, 11) is 1.76. The topological polar surface area (TPSA) is 77.3 Å². The van der Waals surface area contributed by atoms with Crippen LogP contribution in [0.15, 0.2) is 46.0 Å². The third kappa shape index (κ3) is 7.23. The fraction of sp³-hybridized carbons (Fsp3) is 0.450. The van der Waals surface area contributed by atoms with Gasteiger partial charge in [0.25, 0.3) is 0 Å². The van der Waals surface area contributed by atoms with Crippen molar-refractivity contribution in [3.8, 4) is 11.5 Å². The van der Waals surface area contributed by atoms with Gasteiger partial charge in [-0.25, -0.2) is 0 Å². The number of guanidine groups is 1. The Labute approximate surface area is 182 Å². The van der Waals surface area contributed by atoms with Crippen molar-refractivity contribution in [2.24, 2.45) is 4.99 Å². The molecule has 0 saturated heterocycles. The molecule has 0 amide bonds. The molecule has 0 atom stereocenters. The molecule has 1 aliphatic heterocycles. The van der Waals surface area contributed by atoms with Gasteiger partial charge in [0.1, 0.15) is 12.4 Å². The molecule has 0 fully saturated rings. The third-order valence-electron chi connectivity index (χ3n) is 4.08. The first-order chi connectivity index (χ1) is 13.3. The number of hydrogen-bond acceptors (Lipinski definition) is 5. The van der Waals surface area contributed by atoms with Crippen LogP contribution < -0.4 is 20.1 Å². The predicted molar refractivity (Wildman–Crippen MR) is 119 cm³/mol. The zero-order valence-corrected chi connectivity index (χ0v) is 18.4. The molecule has 7 nitrogen and oxygen atoms in total. The second-order valence-corrected chi connectivity index (χ2v) is 6.17. The molecule has 1 aromatic heterocycles. The number of hydrogen-bond donors (Lipinski definition) is 2. The summed E-state index contributed by atoms with van der Waals surface area (Å²) in [4.78, 5) is 4.25. The van der Waals surface area contributed by atoms with E-state index in [0.717, 1.165) is 48.2 Å². The molecule has 3 rings (SSSR count). The van der Waals surface area contributed by atoms with Gasteiger partial charge in [0, 0.05) is 33.2 Å². The molecular weight excluding hydrogens is 473 g/mol. The highest BCUT2D eigenvalue weighted by atomic mass is 127. The van der Waals surface area contributed by atoms with Crippen LogP contribution in [0.4, 0.5) is 0 Å². The Morgan fingerprint density at radius 1 is 1.14 bits per heavy atom. The maximum Gasteiger partial charge on any atom is 0.191 e. The largest absolute Gasteiger partial charge is 0.490 e. The second kappa shape index (κ2) is 12.5. The number of nitrogens with zero attached hydrogens (tertiary/aromatic N) is 1. The number of aliphatic imine (C=N–C) groups is 1. The van der Waals surface area contributed by atoms with Crippen LogP contribution in [0, 0.1) is 0 Å². The number of rotatable bonds is 8. The lowest BCUT2D eigenvalue weighted by molar-refractivity contribution is 0.105. The number of ether oxygens (including phenoxy) is 3. The van der Waals surface area contributed by atoms with Gasteiger partial charge in [-0.2, -0.15) is 0 Å². The lowest BCUT2D eigenvalue weighted by Crippen LogP contribution is -2.37. The van der Waals surface area contributed by atoms with Gasteiger partial charge in [0.15, 0.2) is 17.5 Å². The minimum atomic E-state index is 0. The molecule has 1 aliphatic rings. The molecule has 1 aromatic carbocycles. The van der Waals surface area contributed by atoms with Gasteiger partial charge in [-0.05, 0) is 36.2 Å². The molecule has 2 N–H and O–H groups in total. The molecule has 28 heavy (non-hydrogen) atoms. The van der Waals surface area contributed by atoms with Gasteiger partial charge < -0.3 is 29.3 Å². The lowest BCUT2D eigenvalue weighted by atomic mass is 10.2. The molecule has 0 bridgehead atoms. The van der Waals surface area contributed by atoms with E-state index in [2.05, 4.69) is 15.6 Å². The molecule has 154 valence electrons. The molecule has 0 radical (unpaired) electrons. The molecule has 0 spiro atoms. The SMILES string of the molecule is CN=C(NCCCOCc1ccco1)NCc1ccc2c(c1)OCCCO2.I. The van der Waals surface area contributed by atoms with E-state index >= 15 is 0 Å². The van der Waals surface area contributed by atoms with E-state index in [1.165, 1.54) is 0 Å². The van der Waals surface area contributed by atoms with Crippen LogP contribution in [0.2, 0.25) is 0 Å². The number of fused-ring (bicyclic) bond motifs is 1. The Kier molecular flexibility index (Phi) is 9.98. The average Bonchev–Trinajstić information content (AvgIpc) is 3.10. The Hall–Kier alpha value is -1.94. The summed E-state index contributed by atoms with van der Waals surface area (Å²) in [5.74, 6) is 3.22. The molecule has 8 heteroatoms. The number of furan rings is 1. The molecule has 2 aromatic rings. The van der Waals surface area contributed by atoms with Crippen LogP contribution in [0.25, 0.3) is 0 Å². The van der Waals surface area contributed by atoms with Crippen molar-refractivity contribution in [2.75, 3.05) is 33.4 Å². The van der Waals surface area contributed by atoms with Crippen molar-refractivity contribution >= 4 is 29.9 Å². The monoisotopic (exact) mass is 501 g/mol. The summed E-state index contributed by atoms with van der Waals surface area (Å²) in [5.41, 5.74) is 1.11.